The van der Waals surface area contributed by atoms with Gasteiger partial charge >= 0.3 is 5.97 Å². The molecular formula is C21H33NO3. The van der Waals surface area contributed by atoms with Crippen LogP contribution in [0.3, 0.4) is 0 Å². The number of carboxylic acid groups (broad SMARTS) is 1. The van der Waals surface area contributed by atoms with Crippen LogP contribution in [0.4, 0.5) is 0 Å². The van der Waals surface area contributed by atoms with Crippen molar-refractivity contribution in [3.8, 4) is 5.75 Å². The lowest BCUT2D eigenvalue weighted by Gasteiger charge is -2.32. The fourth-order valence-electron chi connectivity index (χ4n) is 3.45. The summed E-state index contributed by atoms with van der Waals surface area (Å²) in [6.45, 7) is 10.6. The van der Waals surface area contributed by atoms with E-state index in [4.69, 9.17) is 9.84 Å². The highest BCUT2D eigenvalue weighted by atomic mass is 16.5. The molecule has 0 aliphatic carbocycles. The van der Waals surface area contributed by atoms with Gasteiger partial charge in [-0.1, -0.05) is 32.9 Å². The van der Waals surface area contributed by atoms with Crippen LogP contribution in [-0.4, -0.2) is 42.2 Å². The minimum Gasteiger partial charge on any atom is -0.494 e. The van der Waals surface area contributed by atoms with Crippen LogP contribution in [0.25, 0.3) is 0 Å². The molecule has 1 heterocycles. The van der Waals surface area contributed by atoms with Gasteiger partial charge < -0.3 is 14.7 Å². The number of hydrogen-bond donors (Lipinski definition) is 1. The van der Waals surface area contributed by atoms with E-state index in [2.05, 4.69) is 49.9 Å². The highest BCUT2D eigenvalue weighted by molar-refractivity contribution is 5.66. The van der Waals surface area contributed by atoms with Crippen molar-refractivity contribution in [3.63, 3.8) is 0 Å². The second kappa shape index (κ2) is 9.23. The van der Waals surface area contributed by atoms with Crippen LogP contribution in [0, 0.1) is 5.92 Å². The molecule has 0 saturated carbocycles. The number of nitrogens with zero attached hydrogens (tertiary/aromatic N) is 1. The molecule has 1 fully saturated rings. The summed E-state index contributed by atoms with van der Waals surface area (Å²) in [5.74, 6) is 0.796. The molecular weight excluding hydrogens is 314 g/mol. The minimum absolute atomic E-state index is 0.171. The Balaban J connectivity index is 1.66. The zero-order chi connectivity index (χ0) is 18.3. The van der Waals surface area contributed by atoms with E-state index in [1.807, 2.05) is 0 Å². The third-order valence-electron chi connectivity index (χ3n) is 4.98. The molecule has 4 nitrogen and oxygen atoms in total. The smallest absolute Gasteiger partial charge is 0.303 e. The Morgan fingerprint density at radius 3 is 2.64 bits per heavy atom. The molecule has 1 atom stereocenters. The molecule has 140 valence electrons. The molecule has 1 aliphatic heterocycles. The van der Waals surface area contributed by atoms with Gasteiger partial charge in [-0.15, -0.1) is 0 Å². The van der Waals surface area contributed by atoms with Crippen LogP contribution in [0.5, 0.6) is 5.75 Å². The number of carbonyl (C=O) groups is 1. The Kier molecular flexibility index (Phi) is 7.30. The maximum Gasteiger partial charge on any atom is 0.303 e. The highest BCUT2D eigenvalue weighted by Gasteiger charge is 2.20. The first-order chi connectivity index (χ1) is 11.8. The average molecular weight is 347 g/mol. The van der Waals surface area contributed by atoms with E-state index in [-0.39, 0.29) is 5.41 Å². The van der Waals surface area contributed by atoms with Crippen molar-refractivity contribution in [1.82, 2.24) is 4.90 Å². The van der Waals surface area contributed by atoms with Crippen molar-refractivity contribution in [2.75, 3.05) is 26.2 Å². The van der Waals surface area contributed by atoms with E-state index in [1.54, 1.807) is 0 Å². The number of carboxylic acids is 1. The van der Waals surface area contributed by atoms with Crippen molar-refractivity contribution in [2.45, 2.75) is 58.3 Å². The van der Waals surface area contributed by atoms with Crippen molar-refractivity contribution in [3.05, 3.63) is 29.8 Å². The number of benzene rings is 1. The molecule has 0 bridgehead atoms. The van der Waals surface area contributed by atoms with Gasteiger partial charge in [-0.25, -0.2) is 0 Å². The summed E-state index contributed by atoms with van der Waals surface area (Å²) in [7, 11) is 0. The monoisotopic (exact) mass is 347 g/mol. The van der Waals surface area contributed by atoms with Gasteiger partial charge in [0, 0.05) is 19.5 Å². The van der Waals surface area contributed by atoms with Crippen molar-refractivity contribution >= 4 is 5.97 Å². The Bertz CT molecular complexity index is 533. The van der Waals surface area contributed by atoms with Gasteiger partial charge in [-0.2, -0.15) is 0 Å². The van der Waals surface area contributed by atoms with Gasteiger partial charge in [0.05, 0.1) is 6.61 Å². The van der Waals surface area contributed by atoms with E-state index < -0.39 is 5.97 Å². The van der Waals surface area contributed by atoms with Gasteiger partial charge in [0.25, 0.3) is 0 Å². The van der Waals surface area contributed by atoms with E-state index >= 15 is 0 Å². The van der Waals surface area contributed by atoms with E-state index in [0.717, 1.165) is 44.8 Å². The third-order valence-corrected chi connectivity index (χ3v) is 4.98. The zero-order valence-electron chi connectivity index (χ0n) is 16.0. The summed E-state index contributed by atoms with van der Waals surface area (Å²) >= 11 is 0. The Hall–Kier alpha value is -1.55. The molecule has 0 amide bonds. The van der Waals surface area contributed by atoms with Crippen LogP contribution >= 0.6 is 0 Å². The number of ether oxygens (including phenoxy) is 1. The summed E-state index contributed by atoms with van der Waals surface area (Å²) in [6, 6.07) is 8.41. The maximum atomic E-state index is 10.7. The second-order valence-corrected chi connectivity index (χ2v) is 8.22. The van der Waals surface area contributed by atoms with Gasteiger partial charge in [-0.05, 0) is 61.3 Å². The zero-order valence-corrected chi connectivity index (χ0v) is 16.0. The molecule has 1 unspecified atom stereocenters. The normalized spacial score (nSPS) is 18.9. The Morgan fingerprint density at radius 1 is 1.28 bits per heavy atom. The lowest BCUT2D eigenvalue weighted by molar-refractivity contribution is -0.137. The predicted octanol–water partition coefficient (Wildman–Crippen LogP) is 4.33. The number of likely N-dealkylation sites (tertiary alicyclic amines) is 1. The predicted molar refractivity (Wildman–Crippen MR) is 101 cm³/mol. The quantitative estimate of drug-likeness (QED) is 0.711. The molecule has 1 aromatic rings. The Labute approximate surface area is 152 Å². The fourth-order valence-corrected chi connectivity index (χ4v) is 3.45. The second-order valence-electron chi connectivity index (χ2n) is 8.22. The maximum absolute atomic E-state index is 10.7. The molecule has 25 heavy (non-hydrogen) atoms. The number of aliphatic carboxylic acids is 1. The summed E-state index contributed by atoms with van der Waals surface area (Å²) in [4.78, 5) is 13.2. The lowest BCUT2D eigenvalue weighted by Crippen LogP contribution is -2.36. The fraction of sp³-hybridized carbons (Fsp3) is 0.667. The number of rotatable bonds is 8. The summed E-state index contributed by atoms with van der Waals surface area (Å²) in [5, 5.41) is 8.82. The summed E-state index contributed by atoms with van der Waals surface area (Å²) in [5.41, 5.74) is 1.49. The standard InChI is InChI=1S/C21H33NO3/c1-21(2,3)18-8-10-19(11-9-18)25-15-5-14-22-13-4-6-17(16-22)7-12-20(23)24/h8-11,17H,4-7,12-16H2,1-3H3,(H,23,24). The van der Waals surface area contributed by atoms with Crippen molar-refractivity contribution in [1.29, 1.82) is 0 Å². The van der Waals surface area contributed by atoms with Crippen molar-refractivity contribution in [2.24, 2.45) is 5.92 Å². The molecule has 4 heteroatoms. The minimum atomic E-state index is -0.678. The van der Waals surface area contributed by atoms with Gasteiger partial charge in [0.2, 0.25) is 0 Å². The number of piperidine rings is 1. The molecule has 1 aliphatic rings. The SMILES string of the molecule is CC(C)(C)c1ccc(OCCCN2CCCC(CCC(=O)O)C2)cc1. The molecule has 1 aromatic carbocycles. The van der Waals surface area contributed by atoms with Crippen LogP contribution in [-0.2, 0) is 10.2 Å². The first kappa shape index (κ1) is 19.8. The van der Waals surface area contributed by atoms with E-state index in [1.165, 1.54) is 18.4 Å². The number of hydrogen-bond acceptors (Lipinski definition) is 3. The molecule has 0 aromatic heterocycles. The molecule has 1 saturated heterocycles. The highest BCUT2D eigenvalue weighted by Crippen LogP contribution is 2.24. The van der Waals surface area contributed by atoms with Crippen molar-refractivity contribution < 1.29 is 14.6 Å². The summed E-state index contributed by atoms with van der Waals surface area (Å²) < 4.78 is 5.87. The van der Waals surface area contributed by atoms with Gasteiger partial charge in [0.15, 0.2) is 0 Å². The molecule has 2 rings (SSSR count). The summed E-state index contributed by atoms with van der Waals surface area (Å²) in [6.07, 6.45) is 4.46. The van der Waals surface area contributed by atoms with Crippen LogP contribution in [0.1, 0.15) is 58.4 Å². The lowest BCUT2D eigenvalue weighted by atomic mass is 9.87. The third kappa shape index (κ3) is 7.07. The largest absolute Gasteiger partial charge is 0.494 e. The first-order valence-corrected chi connectivity index (χ1v) is 9.52. The average Bonchev–Trinajstić information content (AvgIpc) is 2.57. The van der Waals surface area contributed by atoms with Gasteiger partial charge in [-0.3, -0.25) is 4.79 Å². The van der Waals surface area contributed by atoms with Gasteiger partial charge in [0.1, 0.15) is 5.75 Å². The molecule has 0 spiro atoms. The Morgan fingerprint density at radius 2 is 2.00 bits per heavy atom. The first-order valence-electron chi connectivity index (χ1n) is 9.52. The van der Waals surface area contributed by atoms with E-state index in [0.29, 0.717) is 12.3 Å². The van der Waals surface area contributed by atoms with Crippen LogP contribution in [0.15, 0.2) is 24.3 Å². The topological polar surface area (TPSA) is 49.8 Å². The van der Waals surface area contributed by atoms with Crippen LogP contribution in [0.2, 0.25) is 0 Å². The van der Waals surface area contributed by atoms with E-state index in [9.17, 15) is 4.79 Å². The van der Waals surface area contributed by atoms with Crippen LogP contribution < -0.4 is 4.74 Å². The molecule has 1 N–H and O–H groups in total. The molecule has 0 radical (unpaired) electrons.